The van der Waals surface area contributed by atoms with Crippen LogP contribution in [0.5, 0.6) is 0 Å². The highest BCUT2D eigenvalue weighted by atomic mass is 32.2. The minimum atomic E-state index is -3.79. The van der Waals surface area contributed by atoms with Crippen molar-refractivity contribution in [1.29, 1.82) is 0 Å². The van der Waals surface area contributed by atoms with Crippen LogP contribution in [0.3, 0.4) is 0 Å². The molecule has 0 saturated heterocycles. The molecule has 8 nitrogen and oxygen atoms in total. The molecule has 3 aromatic heterocycles. The zero-order valence-electron chi connectivity index (χ0n) is 18.7. The predicted octanol–water partition coefficient (Wildman–Crippen LogP) is 4.99. The fourth-order valence-electron chi connectivity index (χ4n) is 3.47. The molecule has 3 heterocycles. The van der Waals surface area contributed by atoms with Crippen LogP contribution >= 0.6 is 0 Å². The first-order valence-electron chi connectivity index (χ1n) is 10.3. The van der Waals surface area contributed by atoms with Crippen molar-refractivity contribution in [2.24, 2.45) is 0 Å². The van der Waals surface area contributed by atoms with E-state index < -0.39 is 21.7 Å². The standard InChI is InChI=1S/C24H24N4O4S/c1-16-14-17(27-23(29)32-24(2,3)4)15-26-21(16)19-10-12-25-22-20(19)11-13-28(22)33(30,31)18-8-6-5-7-9-18/h5-15H,1-4H3,(H,27,29). The van der Waals surface area contributed by atoms with Crippen LogP contribution in [0.15, 0.2) is 72.0 Å². The Kier molecular flexibility index (Phi) is 5.67. The summed E-state index contributed by atoms with van der Waals surface area (Å²) < 4.78 is 32.7. The number of pyridine rings is 2. The van der Waals surface area contributed by atoms with Crippen molar-refractivity contribution in [2.45, 2.75) is 38.2 Å². The number of nitrogens with one attached hydrogen (secondary N) is 1. The second-order valence-electron chi connectivity index (χ2n) is 8.54. The quantitative estimate of drug-likeness (QED) is 0.456. The second kappa shape index (κ2) is 8.32. The van der Waals surface area contributed by atoms with Gasteiger partial charge in [-0.25, -0.2) is 22.2 Å². The molecule has 0 aliphatic rings. The van der Waals surface area contributed by atoms with Gasteiger partial charge in [-0.05, 0) is 63.6 Å². The summed E-state index contributed by atoms with van der Waals surface area (Å²) in [5, 5.41) is 3.33. The van der Waals surface area contributed by atoms with E-state index in [0.717, 1.165) is 11.1 Å². The first-order valence-corrected chi connectivity index (χ1v) is 11.7. The summed E-state index contributed by atoms with van der Waals surface area (Å²) in [6.45, 7) is 7.24. The maximum atomic E-state index is 13.1. The third-order valence-corrected chi connectivity index (χ3v) is 6.51. The molecule has 0 bridgehead atoms. The van der Waals surface area contributed by atoms with Crippen molar-refractivity contribution in [3.8, 4) is 11.3 Å². The van der Waals surface area contributed by atoms with Crippen LogP contribution in [0.4, 0.5) is 10.5 Å². The number of amides is 1. The minimum Gasteiger partial charge on any atom is -0.444 e. The Morgan fingerprint density at radius 3 is 2.45 bits per heavy atom. The molecule has 1 aromatic carbocycles. The molecular formula is C24H24N4O4S. The maximum Gasteiger partial charge on any atom is 0.412 e. The van der Waals surface area contributed by atoms with Gasteiger partial charge in [0.05, 0.1) is 22.5 Å². The van der Waals surface area contributed by atoms with Gasteiger partial charge in [-0.15, -0.1) is 0 Å². The van der Waals surface area contributed by atoms with Crippen LogP contribution < -0.4 is 5.32 Å². The number of hydrogen-bond donors (Lipinski definition) is 1. The van der Waals surface area contributed by atoms with Gasteiger partial charge in [0.15, 0.2) is 5.65 Å². The molecule has 1 amide bonds. The van der Waals surface area contributed by atoms with Gasteiger partial charge in [0.2, 0.25) is 0 Å². The Bertz CT molecular complexity index is 1440. The molecule has 0 aliphatic carbocycles. The zero-order valence-corrected chi connectivity index (χ0v) is 19.6. The molecule has 33 heavy (non-hydrogen) atoms. The highest BCUT2D eigenvalue weighted by Gasteiger charge is 2.21. The third-order valence-electron chi connectivity index (χ3n) is 4.83. The largest absolute Gasteiger partial charge is 0.444 e. The summed E-state index contributed by atoms with van der Waals surface area (Å²) in [7, 11) is -3.79. The Balaban J connectivity index is 1.71. The topological polar surface area (TPSA) is 103 Å². The Morgan fingerprint density at radius 2 is 1.79 bits per heavy atom. The number of nitrogens with zero attached hydrogens (tertiary/aromatic N) is 3. The fraction of sp³-hybridized carbons (Fsp3) is 0.208. The van der Waals surface area contributed by atoms with Crippen molar-refractivity contribution in [3.63, 3.8) is 0 Å². The third kappa shape index (κ3) is 4.58. The van der Waals surface area contributed by atoms with Crippen LogP contribution in [-0.4, -0.2) is 34.1 Å². The number of rotatable bonds is 4. The number of carbonyl (C=O) groups is 1. The van der Waals surface area contributed by atoms with E-state index in [9.17, 15) is 13.2 Å². The molecule has 4 aromatic rings. The molecular weight excluding hydrogens is 440 g/mol. The average molecular weight is 465 g/mol. The number of fused-ring (bicyclic) bond motifs is 1. The van der Waals surface area contributed by atoms with E-state index in [0.29, 0.717) is 22.4 Å². The van der Waals surface area contributed by atoms with E-state index in [1.807, 2.05) is 6.92 Å². The van der Waals surface area contributed by atoms with Gasteiger partial charge in [0, 0.05) is 23.3 Å². The lowest BCUT2D eigenvalue weighted by Crippen LogP contribution is -2.27. The second-order valence-corrected chi connectivity index (χ2v) is 10.4. The molecule has 9 heteroatoms. The molecule has 0 unspecified atom stereocenters. The van der Waals surface area contributed by atoms with Crippen LogP contribution in [0.25, 0.3) is 22.3 Å². The number of hydrogen-bond acceptors (Lipinski definition) is 6. The monoisotopic (exact) mass is 464 g/mol. The number of carbonyl (C=O) groups excluding carboxylic acids is 1. The summed E-state index contributed by atoms with van der Waals surface area (Å²) in [4.78, 5) is 21.1. The highest BCUT2D eigenvalue weighted by molar-refractivity contribution is 7.90. The molecule has 170 valence electrons. The lowest BCUT2D eigenvalue weighted by Gasteiger charge is -2.19. The van der Waals surface area contributed by atoms with Crippen molar-refractivity contribution in [1.82, 2.24) is 13.9 Å². The number of aryl methyl sites for hydroxylation is 1. The van der Waals surface area contributed by atoms with E-state index in [1.165, 1.54) is 16.4 Å². The van der Waals surface area contributed by atoms with Gasteiger partial charge in [-0.1, -0.05) is 18.2 Å². The number of ether oxygens (including phenoxy) is 1. The molecule has 0 fully saturated rings. The van der Waals surface area contributed by atoms with Crippen molar-refractivity contribution >= 4 is 32.8 Å². The van der Waals surface area contributed by atoms with E-state index >= 15 is 0 Å². The Labute approximate surface area is 192 Å². The summed E-state index contributed by atoms with van der Waals surface area (Å²) in [6.07, 6.45) is 4.03. The molecule has 0 spiro atoms. The van der Waals surface area contributed by atoms with Gasteiger partial charge in [0.1, 0.15) is 5.60 Å². The SMILES string of the molecule is Cc1cc(NC(=O)OC(C)(C)C)cnc1-c1ccnc2c1ccn2S(=O)(=O)c1ccccc1. The van der Waals surface area contributed by atoms with Crippen molar-refractivity contribution in [3.05, 3.63) is 72.7 Å². The summed E-state index contributed by atoms with van der Waals surface area (Å²) in [5.41, 5.74) is 2.40. The minimum absolute atomic E-state index is 0.182. The first kappa shape index (κ1) is 22.5. The van der Waals surface area contributed by atoms with Crippen molar-refractivity contribution < 1.29 is 17.9 Å². The van der Waals surface area contributed by atoms with Gasteiger partial charge in [-0.2, -0.15) is 0 Å². The van der Waals surface area contributed by atoms with Crippen molar-refractivity contribution in [2.75, 3.05) is 5.32 Å². The first-order chi connectivity index (χ1) is 15.6. The fourth-order valence-corrected chi connectivity index (χ4v) is 4.79. The molecule has 0 saturated carbocycles. The zero-order chi connectivity index (χ0) is 23.8. The average Bonchev–Trinajstić information content (AvgIpc) is 3.18. The van der Waals surface area contributed by atoms with Crippen LogP contribution in [0.1, 0.15) is 26.3 Å². The Morgan fingerprint density at radius 1 is 1.06 bits per heavy atom. The van der Waals surface area contributed by atoms with E-state index in [2.05, 4.69) is 15.3 Å². The number of aromatic nitrogens is 3. The predicted molar refractivity (Wildman–Crippen MR) is 127 cm³/mol. The maximum absolute atomic E-state index is 13.1. The molecule has 0 atom stereocenters. The molecule has 0 radical (unpaired) electrons. The normalized spacial score (nSPS) is 12.0. The van der Waals surface area contributed by atoms with Crippen LogP contribution in [0, 0.1) is 6.92 Å². The van der Waals surface area contributed by atoms with E-state index in [4.69, 9.17) is 4.74 Å². The van der Waals surface area contributed by atoms with Crippen LogP contribution in [-0.2, 0) is 14.8 Å². The lowest BCUT2D eigenvalue weighted by atomic mass is 10.0. The van der Waals surface area contributed by atoms with Gasteiger partial charge < -0.3 is 4.74 Å². The molecule has 4 rings (SSSR count). The van der Waals surface area contributed by atoms with E-state index in [-0.39, 0.29) is 4.90 Å². The van der Waals surface area contributed by atoms with Gasteiger partial charge in [0.25, 0.3) is 10.0 Å². The highest BCUT2D eigenvalue weighted by Crippen LogP contribution is 2.31. The van der Waals surface area contributed by atoms with Crippen LogP contribution in [0.2, 0.25) is 0 Å². The number of anilines is 1. The van der Waals surface area contributed by atoms with Gasteiger partial charge >= 0.3 is 6.09 Å². The number of benzene rings is 1. The van der Waals surface area contributed by atoms with E-state index in [1.54, 1.807) is 75.5 Å². The molecule has 0 aliphatic heterocycles. The lowest BCUT2D eigenvalue weighted by molar-refractivity contribution is 0.0636. The summed E-state index contributed by atoms with van der Waals surface area (Å²) in [5.74, 6) is 0. The molecule has 1 N–H and O–H groups in total. The Hall–Kier alpha value is -3.72. The van der Waals surface area contributed by atoms with Gasteiger partial charge in [-0.3, -0.25) is 10.3 Å². The summed E-state index contributed by atoms with van der Waals surface area (Å²) in [6, 6.07) is 13.5. The smallest absolute Gasteiger partial charge is 0.412 e. The summed E-state index contributed by atoms with van der Waals surface area (Å²) >= 11 is 0.